The molecule has 192 valence electrons. The van der Waals surface area contributed by atoms with Gasteiger partial charge in [0.1, 0.15) is 10.8 Å². The number of carbonyl (C=O) groups excluding carboxylic acids is 1. The van der Waals surface area contributed by atoms with Crippen LogP contribution in [0.2, 0.25) is 10.0 Å². The van der Waals surface area contributed by atoms with Gasteiger partial charge in [0, 0.05) is 28.9 Å². The third-order valence-electron chi connectivity index (χ3n) is 7.06. The molecule has 0 spiro atoms. The lowest BCUT2D eigenvalue weighted by Crippen LogP contribution is -2.17. The van der Waals surface area contributed by atoms with Crippen molar-refractivity contribution in [1.29, 1.82) is 0 Å². The van der Waals surface area contributed by atoms with Crippen LogP contribution in [0.1, 0.15) is 48.2 Å². The molecule has 1 aliphatic carbocycles. The zero-order chi connectivity index (χ0) is 25.9. The number of thiazole rings is 1. The number of aromatic nitrogens is 2. The summed E-state index contributed by atoms with van der Waals surface area (Å²) in [7, 11) is 1.66. The van der Waals surface area contributed by atoms with Gasteiger partial charge < -0.3 is 14.6 Å². The molecule has 4 aromatic rings. The first-order chi connectivity index (χ1) is 17.9. The van der Waals surface area contributed by atoms with Gasteiger partial charge in [0.05, 0.1) is 34.1 Å². The molecule has 5 rings (SSSR count). The Hall–Kier alpha value is -2.80. The molecule has 2 heterocycles. The molecule has 0 radical (unpaired) electrons. The summed E-state index contributed by atoms with van der Waals surface area (Å²) >= 11 is 13.8. The second-order valence-electron chi connectivity index (χ2n) is 9.49. The van der Waals surface area contributed by atoms with Crippen molar-refractivity contribution >= 4 is 46.1 Å². The molecule has 0 aliphatic heterocycles. The molecule has 5 nitrogen and oxygen atoms in total. The topological polar surface area (TPSA) is 56.1 Å². The van der Waals surface area contributed by atoms with Gasteiger partial charge in [0.15, 0.2) is 0 Å². The van der Waals surface area contributed by atoms with E-state index in [1.54, 1.807) is 36.6 Å². The number of amides is 1. The molecule has 1 saturated carbocycles. The number of rotatable bonds is 7. The Morgan fingerprint density at radius 2 is 1.84 bits per heavy atom. The van der Waals surface area contributed by atoms with E-state index in [0.717, 1.165) is 39.9 Å². The summed E-state index contributed by atoms with van der Waals surface area (Å²) in [6.45, 7) is 2.91. The summed E-state index contributed by atoms with van der Waals surface area (Å²) in [5, 5.41) is 6.84. The van der Waals surface area contributed by atoms with Crippen molar-refractivity contribution in [2.45, 2.75) is 45.6 Å². The standard InChI is InChI=1S/C29H29Cl2N3O2S/c1-18-23(28(35)32-21-10-13-24(30)25(31)14-21)15-27(34(18)16-19-6-4-3-5-7-19)26-17-37-29(33-26)20-8-11-22(36-2)12-9-20/h8-15,17,19H,3-7,16H2,1-2H3,(H,32,35). The molecule has 0 unspecified atom stereocenters. The third kappa shape index (κ3) is 5.71. The number of hydrogen-bond donors (Lipinski definition) is 1. The number of carbonyl (C=O) groups is 1. The van der Waals surface area contributed by atoms with Crippen molar-refractivity contribution in [3.05, 3.63) is 75.2 Å². The maximum absolute atomic E-state index is 13.4. The molecule has 0 bridgehead atoms. The second kappa shape index (κ2) is 11.3. The fraction of sp³-hybridized carbons (Fsp3) is 0.310. The molecule has 1 N–H and O–H groups in total. The smallest absolute Gasteiger partial charge is 0.257 e. The van der Waals surface area contributed by atoms with E-state index < -0.39 is 0 Å². The molecule has 2 aromatic heterocycles. The fourth-order valence-corrected chi connectivity index (χ4v) is 6.10. The molecular formula is C29H29Cl2N3O2S. The van der Waals surface area contributed by atoms with Gasteiger partial charge in [-0.15, -0.1) is 11.3 Å². The first-order valence-electron chi connectivity index (χ1n) is 12.5. The molecule has 0 atom stereocenters. The van der Waals surface area contributed by atoms with Crippen LogP contribution in [0.15, 0.2) is 53.9 Å². The first-order valence-corrected chi connectivity index (χ1v) is 14.1. The van der Waals surface area contributed by atoms with E-state index in [4.69, 9.17) is 32.9 Å². The largest absolute Gasteiger partial charge is 0.497 e. The molecule has 1 amide bonds. The van der Waals surface area contributed by atoms with Crippen molar-refractivity contribution in [2.75, 3.05) is 12.4 Å². The number of benzene rings is 2. The number of methoxy groups -OCH3 is 1. The normalized spacial score (nSPS) is 14.1. The van der Waals surface area contributed by atoms with Crippen LogP contribution < -0.4 is 10.1 Å². The van der Waals surface area contributed by atoms with Crippen LogP contribution in [0.25, 0.3) is 22.0 Å². The molecule has 2 aromatic carbocycles. The first kappa shape index (κ1) is 25.8. The van der Waals surface area contributed by atoms with Gasteiger partial charge in [0.2, 0.25) is 0 Å². The van der Waals surface area contributed by atoms with Gasteiger partial charge in [0.25, 0.3) is 5.91 Å². The molecular weight excluding hydrogens is 525 g/mol. The SMILES string of the molecule is COc1ccc(-c2nc(-c3cc(C(=O)Nc4ccc(Cl)c(Cl)c4)c(C)n3CC3CCCCC3)cs2)cc1. The van der Waals surface area contributed by atoms with Gasteiger partial charge >= 0.3 is 0 Å². The van der Waals surface area contributed by atoms with E-state index in [-0.39, 0.29) is 5.91 Å². The molecule has 1 aliphatic rings. The van der Waals surface area contributed by atoms with Crippen molar-refractivity contribution in [3.8, 4) is 27.7 Å². The Balaban J connectivity index is 1.48. The average Bonchev–Trinajstić information content (AvgIpc) is 3.52. The molecule has 1 fully saturated rings. The highest BCUT2D eigenvalue weighted by Gasteiger charge is 2.23. The summed E-state index contributed by atoms with van der Waals surface area (Å²) in [4.78, 5) is 18.3. The maximum Gasteiger partial charge on any atom is 0.257 e. The lowest BCUT2D eigenvalue weighted by molar-refractivity contribution is 0.102. The van der Waals surface area contributed by atoms with Crippen molar-refractivity contribution in [3.63, 3.8) is 0 Å². The maximum atomic E-state index is 13.4. The van der Waals surface area contributed by atoms with Gasteiger partial charge in [-0.05, 0) is 74.2 Å². The fourth-order valence-electron chi connectivity index (χ4n) is 4.98. The Morgan fingerprint density at radius 3 is 2.54 bits per heavy atom. The minimum absolute atomic E-state index is 0.176. The Labute approximate surface area is 231 Å². The van der Waals surface area contributed by atoms with E-state index in [9.17, 15) is 4.79 Å². The Kier molecular flexibility index (Phi) is 7.89. The summed E-state index contributed by atoms with van der Waals surface area (Å²) in [6, 6.07) is 15.0. The van der Waals surface area contributed by atoms with Crippen LogP contribution in [-0.2, 0) is 6.54 Å². The van der Waals surface area contributed by atoms with Crippen molar-refractivity contribution in [2.24, 2.45) is 5.92 Å². The number of anilines is 1. The van der Waals surface area contributed by atoms with E-state index in [1.165, 1.54) is 32.1 Å². The van der Waals surface area contributed by atoms with Crippen LogP contribution in [0.3, 0.4) is 0 Å². The van der Waals surface area contributed by atoms with Crippen LogP contribution in [0.4, 0.5) is 5.69 Å². The summed E-state index contributed by atoms with van der Waals surface area (Å²) in [5.41, 5.74) is 5.07. The third-order valence-corrected chi connectivity index (χ3v) is 8.69. The van der Waals surface area contributed by atoms with Gasteiger partial charge in [-0.3, -0.25) is 4.79 Å². The minimum atomic E-state index is -0.176. The zero-order valence-corrected chi connectivity index (χ0v) is 23.2. The minimum Gasteiger partial charge on any atom is -0.497 e. The highest BCUT2D eigenvalue weighted by Crippen LogP contribution is 2.35. The summed E-state index contributed by atoms with van der Waals surface area (Å²) < 4.78 is 7.57. The van der Waals surface area contributed by atoms with Crippen LogP contribution >= 0.6 is 34.5 Å². The Morgan fingerprint density at radius 1 is 1.08 bits per heavy atom. The summed E-state index contributed by atoms with van der Waals surface area (Å²) in [6.07, 6.45) is 6.28. The van der Waals surface area contributed by atoms with Crippen LogP contribution in [-0.4, -0.2) is 22.6 Å². The molecule has 8 heteroatoms. The second-order valence-corrected chi connectivity index (χ2v) is 11.2. The van der Waals surface area contributed by atoms with Crippen LogP contribution in [0.5, 0.6) is 5.75 Å². The van der Waals surface area contributed by atoms with Crippen molar-refractivity contribution < 1.29 is 9.53 Å². The Bertz CT molecular complexity index is 1410. The molecule has 37 heavy (non-hydrogen) atoms. The monoisotopic (exact) mass is 553 g/mol. The summed E-state index contributed by atoms with van der Waals surface area (Å²) in [5.74, 6) is 1.24. The van der Waals surface area contributed by atoms with E-state index >= 15 is 0 Å². The average molecular weight is 555 g/mol. The van der Waals surface area contributed by atoms with Gasteiger partial charge in [-0.2, -0.15) is 0 Å². The zero-order valence-electron chi connectivity index (χ0n) is 20.9. The molecule has 0 saturated heterocycles. The lowest BCUT2D eigenvalue weighted by atomic mass is 9.89. The highest BCUT2D eigenvalue weighted by atomic mass is 35.5. The predicted molar refractivity (Wildman–Crippen MR) is 153 cm³/mol. The predicted octanol–water partition coefficient (Wildman–Crippen LogP) is 8.74. The number of hydrogen-bond acceptors (Lipinski definition) is 4. The van der Waals surface area contributed by atoms with Gasteiger partial charge in [-0.1, -0.05) is 42.5 Å². The lowest BCUT2D eigenvalue weighted by Gasteiger charge is -2.24. The van der Waals surface area contributed by atoms with Crippen LogP contribution in [0, 0.1) is 12.8 Å². The number of nitrogens with one attached hydrogen (secondary N) is 1. The highest BCUT2D eigenvalue weighted by molar-refractivity contribution is 7.13. The number of nitrogens with zero attached hydrogens (tertiary/aromatic N) is 2. The number of ether oxygens (including phenoxy) is 1. The quantitative estimate of drug-likeness (QED) is 0.249. The number of halogens is 2. The van der Waals surface area contributed by atoms with E-state index in [0.29, 0.717) is 27.2 Å². The van der Waals surface area contributed by atoms with E-state index in [1.807, 2.05) is 37.3 Å². The van der Waals surface area contributed by atoms with Crippen molar-refractivity contribution in [1.82, 2.24) is 9.55 Å². The van der Waals surface area contributed by atoms with E-state index in [2.05, 4.69) is 15.3 Å². The van der Waals surface area contributed by atoms with Gasteiger partial charge in [-0.25, -0.2) is 4.98 Å².